The van der Waals surface area contributed by atoms with E-state index >= 15 is 0 Å². The van der Waals surface area contributed by atoms with E-state index in [1.807, 2.05) is 44.2 Å². The minimum absolute atomic E-state index is 0.106. The van der Waals surface area contributed by atoms with E-state index in [1.54, 1.807) is 6.07 Å². The van der Waals surface area contributed by atoms with Gasteiger partial charge in [0.2, 0.25) is 5.91 Å². The molecule has 0 atom stereocenters. The van der Waals surface area contributed by atoms with E-state index in [9.17, 15) is 4.79 Å². The number of carbonyl (C=O) groups is 1. The Morgan fingerprint density at radius 1 is 0.966 bits per heavy atom. The summed E-state index contributed by atoms with van der Waals surface area (Å²) in [5.41, 5.74) is 2.85. The van der Waals surface area contributed by atoms with Crippen molar-refractivity contribution in [1.29, 1.82) is 0 Å². The zero-order chi connectivity index (χ0) is 20.5. The minimum Gasteiger partial charge on any atom is -0.490 e. The Bertz CT molecular complexity index is 804. The van der Waals surface area contributed by atoms with Crippen molar-refractivity contribution in [2.45, 2.75) is 33.1 Å². The molecule has 1 amide bonds. The summed E-state index contributed by atoms with van der Waals surface area (Å²) in [5, 5.41) is 6.22. The second-order valence-corrected chi connectivity index (χ2v) is 6.99. The summed E-state index contributed by atoms with van der Waals surface area (Å²) in [6.07, 6.45) is 3.73. The maximum absolute atomic E-state index is 12.5. The molecule has 3 rings (SSSR count). The lowest BCUT2D eigenvalue weighted by atomic mass is 10.1. The van der Waals surface area contributed by atoms with Gasteiger partial charge >= 0.3 is 0 Å². The van der Waals surface area contributed by atoms with Crippen LogP contribution >= 0.6 is 0 Å². The van der Waals surface area contributed by atoms with Crippen LogP contribution in [0.15, 0.2) is 42.5 Å². The topological polar surface area (TPSA) is 62.8 Å². The molecule has 0 aromatic heterocycles. The molecule has 1 heterocycles. The standard InChI is InChI=1S/C23H31N3O3/c1-3-28-21-13-12-18(16-22(21)29-4-2)25-23(27)17-24-19-10-6-7-11-20(19)26-14-8-5-9-15-26/h6-7,10-13,16,24H,3-5,8-9,14-15,17H2,1-2H3,(H,25,27). The molecule has 2 aromatic rings. The average Bonchev–Trinajstić information content (AvgIpc) is 2.75. The SMILES string of the molecule is CCOc1ccc(NC(=O)CNc2ccccc2N2CCCCC2)cc1OCC. The second kappa shape index (κ2) is 10.6. The van der Waals surface area contributed by atoms with E-state index in [0.717, 1.165) is 18.8 Å². The van der Waals surface area contributed by atoms with Crippen LogP contribution in [0, 0.1) is 0 Å². The van der Waals surface area contributed by atoms with E-state index in [2.05, 4.69) is 21.6 Å². The maximum atomic E-state index is 12.5. The van der Waals surface area contributed by atoms with Crippen LogP contribution in [0.2, 0.25) is 0 Å². The number of rotatable bonds is 9. The highest BCUT2D eigenvalue weighted by atomic mass is 16.5. The lowest BCUT2D eigenvalue weighted by Gasteiger charge is -2.30. The smallest absolute Gasteiger partial charge is 0.243 e. The molecule has 1 fully saturated rings. The number of hydrogen-bond acceptors (Lipinski definition) is 5. The fourth-order valence-corrected chi connectivity index (χ4v) is 3.54. The molecule has 2 N–H and O–H groups in total. The molecular weight excluding hydrogens is 366 g/mol. The van der Waals surface area contributed by atoms with Crippen LogP contribution in [0.5, 0.6) is 11.5 Å². The normalized spacial score (nSPS) is 13.7. The van der Waals surface area contributed by atoms with E-state index < -0.39 is 0 Å². The first-order valence-corrected chi connectivity index (χ1v) is 10.5. The van der Waals surface area contributed by atoms with Crippen LogP contribution in [0.1, 0.15) is 33.1 Å². The fourth-order valence-electron chi connectivity index (χ4n) is 3.54. The number of nitrogens with one attached hydrogen (secondary N) is 2. The predicted molar refractivity (Wildman–Crippen MR) is 118 cm³/mol. The van der Waals surface area contributed by atoms with E-state index in [1.165, 1.54) is 24.9 Å². The van der Waals surface area contributed by atoms with Gasteiger partial charge in [0.05, 0.1) is 31.1 Å². The van der Waals surface area contributed by atoms with Gasteiger partial charge in [-0.3, -0.25) is 4.79 Å². The van der Waals surface area contributed by atoms with Gasteiger partial charge in [0.25, 0.3) is 0 Å². The highest BCUT2D eigenvalue weighted by Gasteiger charge is 2.15. The van der Waals surface area contributed by atoms with Crippen LogP contribution in [0.25, 0.3) is 0 Å². The third kappa shape index (κ3) is 5.79. The molecule has 0 radical (unpaired) electrons. The predicted octanol–water partition coefficient (Wildman–Crippen LogP) is 4.52. The third-order valence-electron chi connectivity index (χ3n) is 4.87. The Hall–Kier alpha value is -2.89. The van der Waals surface area contributed by atoms with Crippen LogP contribution in [0.3, 0.4) is 0 Å². The van der Waals surface area contributed by atoms with Crippen molar-refractivity contribution in [2.75, 3.05) is 48.4 Å². The van der Waals surface area contributed by atoms with Gasteiger partial charge in [0.1, 0.15) is 0 Å². The number of ether oxygens (including phenoxy) is 2. The van der Waals surface area contributed by atoms with E-state index in [0.29, 0.717) is 30.4 Å². The molecule has 0 bridgehead atoms. The first-order valence-electron chi connectivity index (χ1n) is 10.5. The minimum atomic E-state index is -0.106. The highest BCUT2D eigenvalue weighted by Crippen LogP contribution is 2.31. The maximum Gasteiger partial charge on any atom is 0.243 e. The lowest BCUT2D eigenvalue weighted by Crippen LogP contribution is -2.30. The number of nitrogens with zero attached hydrogens (tertiary/aromatic N) is 1. The number of anilines is 3. The number of para-hydroxylation sites is 2. The summed E-state index contributed by atoms with van der Waals surface area (Å²) in [6, 6.07) is 13.6. The second-order valence-electron chi connectivity index (χ2n) is 6.99. The van der Waals surface area contributed by atoms with Gasteiger partial charge in [-0.15, -0.1) is 0 Å². The largest absolute Gasteiger partial charge is 0.490 e. The van der Waals surface area contributed by atoms with Crippen LogP contribution in [0.4, 0.5) is 17.1 Å². The van der Waals surface area contributed by atoms with Crippen LogP contribution in [-0.4, -0.2) is 38.8 Å². The monoisotopic (exact) mass is 397 g/mol. The van der Waals surface area contributed by atoms with E-state index in [4.69, 9.17) is 9.47 Å². The first kappa shape index (κ1) is 20.8. The number of hydrogen-bond donors (Lipinski definition) is 2. The van der Waals surface area contributed by atoms with Crippen molar-refractivity contribution >= 4 is 23.0 Å². The summed E-state index contributed by atoms with van der Waals surface area (Å²) in [7, 11) is 0. The number of piperidine rings is 1. The zero-order valence-corrected chi connectivity index (χ0v) is 17.4. The van der Waals surface area contributed by atoms with Crippen molar-refractivity contribution in [3.05, 3.63) is 42.5 Å². The Kier molecular flexibility index (Phi) is 7.61. The summed E-state index contributed by atoms with van der Waals surface area (Å²) in [6.45, 7) is 7.28. The van der Waals surface area contributed by atoms with Crippen molar-refractivity contribution in [1.82, 2.24) is 0 Å². The summed E-state index contributed by atoms with van der Waals surface area (Å²) in [4.78, 5) is 14.9. The molecule has 1 saturated heterocycles. The van der Waals surface area contributed by atoms with Gasteiger partial charge in [0.15, 0.2) is 11.5 Å². The van der Waals surface area contributed by atoms with Crippen molar-refractivity contribution in [3.63, 3.8) is 0 Å². The Labute approximate surface area is 173 Å². The molecular formula is C23H31N3O3. The molecule has 29 heavy (non-hydrogen) atoms. The van der Waals surface area contributed by atoms with Crippen molar-refractivity contribution < 1.29 is 14.3 Å². The third-order valence-corrected chi connectivity index (χ3v) is 4.87. The fraction of sp³-hybridized carbons (Fsp3) is 0.435. The molecule has 6 nitrogen and oxygen atoms in total. The summed E-state index contributed by atoms with van der Waals surface area (Å²) < 4.78 is 11.2. The van der Waals surface area contributed by atoms with Gasteiger partial charge < -0.3 is 25.0 Å². The summed E-state index contributed by atoms with van der Waals surface area (Å²) >= 11 is 0. The van der Waals surface area contributed by atoms with Crippen molar-refractivity contribution in [2.24, 2.45) is 0 Å². The van der Waals surface area contributed by atoms with Crippen LogP contribution < -0.4 is 25.0 Å². The van der Waals surface area contributed by atoms with Gasteiger partial charge in [-0.2, -0.15) is 0 Å². The first-order chi connectivity index (χ1) is 14.2. The van der Waals surface area contributed by atoms with Gasteiger partial charge in [-0.25, -0.2) is 0 Å². The molecule has 6 heteroatoms. The number of benzene rings is 2. The molecule has 1 aliphatic rings. The number of carbonyl (C=O) groups excluding carboxylic acids is 1. The Balaban J connectivity index is 1.61. The molecule has 0 aliphatic carbocycles. The Morgan fingerprint density at radius 3 is 2.45 bits per heavy atom. The highest BCUT2D eigenvalue weighted by molar-refractivity contribution is 5.94. The van der Waals surface area contributed by atoms with Gasteiger partial charge in [-0.05, 0) is 57.4 Å². The quantitative estimate of drug-likeness (QED) is 0.651. The van der Waals surface area contributed by atoms with Gasteiger partial charge in [-0.1, -0.05) is 12.1 Å². The molecule has 156 valence electrons. The van der Waals surface area contributed by atoms with Gasteiger partial charge in [0, 0.05) is 24.8 Å². The molecule has 0 spiro atoms. The molecule has 0 saturated carbocycles. The summed E-state index contributed by atoms with van der Waals surface area (Å²) in [5.74, 6) is 1.21. The van der Waals surface area contributed by atoms with E-state index in [-0.39, 0.29) is 12.5 Å². The van der Waals surface area contributed by atoms with Crippen LogP contribution in [-0.2, 0) is 4.79 Å². The number of amides is 1. The lowest BCUT2D eigenvalue weighted by molar-refractivity contribution is -0.114. The van der Waals surface area contributed by atoms with Crippen molar-refractivity contribution in [3.8, 4) is 11.5 Å². The Morgan fingerprint density at radius 2 is 1.69 bits per heavy atom. The molecule has 2 aromatic carbocycles. The zero-order valence-electron chi connectivity index (χ0n) is 17.4. The average molecular weight is 398 g/mol. The molecule has 0 unspecified atom stereocenters. The molecule has 1 aliphatic heterocycles.